The molecule has 2 aromatic carbocycles. The molecule has 0 amide bonds. The van der Waals surface area contributed by atoms with Crippen LogP contribution in [0.1, 0.15) is 25.0 Å². The third kappa shape index (κ3) is 9.37. The molecule has 2 heterocycles. The summed E-state index contributed by atoms with van der Waals surface area (Å²) in [6.45, 7) is 1.74. The summed E-state index contributed by atoms with van der Waals surface area (Å²) in [5.74, 6) is -1.51. The molecule has 0 aliphatic carbocycles. The first kappa shape index (κ1) is 37.8. The van der Waals surface area contributed by atoms with Gasteiger partial charge in [-0.25, -0.2) is 4.79 Å². The average Bonchev–Trinajstić information content (AvgIpc) is 3.07. The first-order chi connectivity index (χ1) is 23.4. The van der Waals surface area contributed by atoms with Crippen LogP contribution in [-0.2, 0) is 44.4 Å². The third-order valence-corrected chi connectivity index (χ3v) is 7.96. The van der Waals surface area contributed by atoms with Crippen LogP contribution in [0.15, 0.2) is 42.5 Å². The summed E-state index contributed by atoms with van der Waals surface area (Å²) in [5, 5.41) is 62.8. The second-order valence-corrected chi connectivity index (χ2v) is 11.4. The highest BCUT2D eigenvalue weighted by Gasteiger charge is 2.53. The predicted molar refractivity (Wildman–Crippen MR) is 166 cm³/mol. The SMILES string of the molecule is COc1ccc(CCO[C@@H]2O[C@@H](CO)[C@@H](OC(=O)C=Cc3ccc(O)c(OC)c3)[C@H](O[C@@H]3O[C@@H](C)[C@@H](O)[C@@H](O)[C@H]3OC(C)=O)[C@H]2O)cc1O. The number of benzene rings is 2. The summed E-state index contributed by atoms with van der Waals surface area (Å²) in [7, 11) is 2.78. The van der Waals surface area contributed by atoms with E-state index < -0.39 is 80.0 Å². The van der Waals surface area contributed by atoms with Crippen LogP contribution < -0.4 is 9.47 Å². The lowest BCUT2D eigenvalue weighted by Crippen LogP contribution is -2.65. The number of hydrogen-bond donors (Lipinski definition) is 6. The molecular formula is C33H42O16. The first-order valence-corrected chi connectivity index (χ1v) is 15.4. The highest BCUT2D eigenvalue weighted by Crippen LogP contribution is 2.33. The third-order valence-electron chi connectivity index (χ3n) is 7.96. The minimum absolute atomic E-state index is 0.0421. The van der Waals surface area contributed by atoms with Crippen molar-refractivity contribution in [1.82, 2.24) is 0 Å². The van der Waals surface area contributed by atoms with E-state index in [9.17, 15) is 40.2 Å². The summed E-state index contributed by atoms with van der Waals surface area (Å²) in [4.78, 5) is 24.9. The van der Waals surface area contributed by atoms with E-state index in [1.54, 1.807) is 12.1 Å². The fraction of sp³-hybridized carbons (Fsp3) is 0.515. The van der Waals surface area contributed by atoms with Gasteiger partial charge in [0.25, 0.3) is 0 Å². The van der Waals surface area contributed by atoms with Gasteiger partial charge in [-0.15, -0.1) is 0 Å². The number of phenols is 2. The maximum atomic E-state index is 13.1. The summed E-state index contributed by atoms with van der Waals surface area (Å²) in [6.07, 6.45) is -12.1. The Morgan fingerprint density at radius 2 is 1.57 bits per heavy atom. The number of rotatable bonds is 13. The topological polar surface area (TPSA) is 229 Å². The summed E-state index contributed by atoms with van der Waals surface area (Å²) < 4.78 is 44.3. The molecule has 0 radical (unpaired) electrons. The van der Waals surface area contributed by atoms with Crippen LogP contribution in [0.25, 0.3) is 6.08 Å². The van der Waals surface area contributed by atoms with Crippen molar-refractivity contribution in [2.24, 2.45) is 0 Å². The lowest BCUT2D eigenvalue weighted by molar-refractivity contribution is -0.357. The van der Waals surface area contributed by atoms with Crippen molar-refractivity contribution in [2.45, 2.75) is 81.7 Å². The molecule has 2 aromatic rings. The molecule has 6 N–H and O–H groups in total. The van der Waals surface area contributed by atoms with Gasteiger partial charge in [-0.1, -0.05) is 12.1 Å². The second kappa shape index (κ2) is 17.1. The smallest absolute Gasteiger partial charge is 0.331 e. The monoisotopic (exact) mass is 694 g/mol. The molecule has 270 valence electrons. The number of phenolic OH excluding ortho intramolecular Hbond substituents is 2. The zero-order chi connectivity index (χ0) is 35.8. The minimum Gasteiger partial charge on any atom is -0.504 e. The molecule has 0 saturated carbocycles. The maximum absolute atomic E-state index is 13.1. The van der Waals surface area contributed by atoms with Crippen molar-refractivity contribution in [3.05, 3.63) is 53.6 Å². The van der Waals surface area contributed by atoms with E-state index in [4.69, 9.17) is 37.9 Å². The Kier molecular flexibility index (Phi) is 13.2. The molecule has 0 aromatic heterocycles. The fourth-order valence-electron chi connectivity index (χ4n) is 5.38. The van der Waals surface area contributed by atoms with Crippen molar-refractivity contribution in [3.63, 3.8) is 0 Å². The number of aliphatic hydroxyl groups excluding tert-OH is 4. The van der Waals surface area contributed by atoms with Gasteiger partial charge < -0.3 is 68.5 Å². The molecule has 2 aliphatic rings. The van der Waals surface area contributed by atoms with Crippen molar-refractivity contribution in [2.75, 3.05) is 27.4 Å². The minimum atomic E-state index is -1.71. The normalized spacial score (nSPS) is 30.1. The Balaban J connectivity index is 1.57. The van der Waals surface area contributed by atoms with Crippen molar-refractivity contribution in [1.29, 1.82) is 0 Å². The van der Waals surface area contributed by atoms with Gasteiger partial charge in [0.15, 0.2) is 47.8 Å². The number of aliphatic hydroxyl groups is 4. The van der Waals surface area contributed by atoms with Gasteiger partial charge in [-0.05, 0) is 54.8 Å². The average molecular weight is 695 g/mol. The Morgan fingerprint density at radius 1 is 0.837 bits per heavy atom. The number of hydrogen-bond acceptors (Lipinski definition) is 16. The van der Waals surface area contributed by atoms with Gasteiger partial charge in [0.1, 0.15) is 30.5 Å². The van der Waals surface area contributed by atoms with Crippen LogP contribution in [0, 0.1) is 0 Å². The van der Waals surface area contributed by atoms with Crippen LogP contribution in [0.2, 0.25) is 0 Å². The van der Waals surface area contributed by atoms with Crippen LogP contribution in [0.5, 0.6) is 23.0 Å². The Labute approximate surface area is 281 Å². The van der Waals surface area contributed by atoms with Gasteiger partial charge in [0.05, 0.1) is 33.5 Å². The molecule has 0 bridgehead atoms. The molecule has 2 saturated heterocycles. The van der Waals surface area contributed by atoms with E-state index in [0.717, 1.165) is 13.0 Å². The number of aromatic hydroxyl groups is 2. The summed E-state index contributed by atoms with van der Waals surface area (Å²) in [6, 6.07) is 9.12. The zero-order valence-corrected chi connectivity index (χ0v) is 27.3. The molecule has 0 spiro atoms. The van der Waals surface area contributed by atoms with E-state index in [2.05, 4.69) is 0 Å². The fourth-order valence-corrected chi connectivity index (χ4v) is 5.38. The number of carbonyl (C=O) groups excluding carboxylic acids is 2. The van der Waals surface area contributed by atoms with Gasteiger partial charge in [0.2, 0.25) is 0 Å². The summed E-state index contributed by atoms with van der Waals surface area (Å²) >= 11 is 0. The number of methoxy groups -OCH3 is 2. The zero-order valence-electron chi connectivity index (χ0n) is 27.3. The molecule has 49 heavy (non-hydrogen) atoms. The molecular weight excluding hydrogens is 652 g/mol. The largest absolute Gasteiger partial charge is 0.504 e. The summed E-state index contributed by atoms with van der Waals surface area (Å²) in [5.41, 5.74) is 1.14. The lowest BCUT2D eigenvalue weighted by Gasteiger charge is -2.47. The highest BCUT2D eigenvalue weighted by atomic mass is 16.7. The molecule has 10 atom stereocenters. The van der Waals surface area contributed by atoms with Crippen molar-refractivity contribution < 1.29 is 78.1 Å². The van der Waals surface area contributed by atoms with Gasteiger partial charge in [0, 0.05) is 13.0 Å². The molecule has 4 rings (SSSR count). The first-order valence-electron chi connectivity index (χ1n) is 15.4. The van der Waals surface area contributed by atoms with Gasteiger partial charge in [-0.3, -0.25) is 4.79 Å². The standard InChI is InChI=1S/C33H42O16/c1-16-26(39)27(40)31(46-17(2)35)33(45-16)49-30-28(41)32(44-12-11-19-6-9-22(42-3)21(37)13-19)47-24(15-34)29(30)48-25(38)10-7-18-5-8-20(36)23(14-18)43-4/h5-10,13-14,16,24,26-34,36-37,39-41H,11-12,15H2,1-4H3/t16-,24-,26+,27+,28+,29+,30+,31+,32+,33-/m0/s1. The molecule has 16 nitrogen and oxygen atoms in total. The Morgan fingerprint density at radius 3 is 2.22 bits per heavy atom. The van der Waals surface area contributed by atoms with Crippen LogP contribution in [0.3, 0.4) is 0 Å². The van der Waals surface area contributed by atoms with Crippen molar-refractivity contribution in [3.8, 4) is 23.0 Å². The van der Waals surface area contributed by atoms with Gasteiger partial charge in [-0.2, -0.15) is 0 Å². The molecule has 16 heteroatoms. The van der Waals surface area contributed by atoms with Crippen molar-refractivity contribution >= 4 is 18.0 Å². The Bertz CT molecular complexity index is 1450. The van der Waals surface area contributed by atoms with E-state index in [0.29, 0.717) is 11.1 Å². The molecule has 0 unspecified atom stereocenters. The van der Waals surface area contributed by atoms with E-state index in [1.165, 1.54) is 51.5 Å². The lowest BCUT2D eigenvalue weighted by atomic mass is 9.96. The van der Waals surface area contributed by atoms with E-state index in [1.807, 2.05) is 0 Å². The molecule has 2 aliphatic heterocycles. The van der Waals surface area contributed by atoms with Crippen LogP contribution in [0.4, 0.5) is 0 Å². The highest BCUT2D eigenvalue weighted by molar-refractivity contribution is 5.87. The maximum Gasteiger partial charge on any atom is 0.331 e. The number of ether oxygens (including phenoxy) is 8. The van der Waals surface area contributed by atoms with Crippen LogP contribution in [-0.4, -0.2) is 131 Å². The van der Waals surface area contributed by atoms with Gasteiger partial charge >= 0.3 is 11.9 Å². The molecule has 2 fully saturated rings. The van der Waals surface area contributed by atoms with E-state index >= 15 is 0 Å². The Hall–Kier alpha value is -4.00. The quantitative estimate of drug-likeness (QED) is 0.121. The number of carbonyl (C=O) groups is 2. The second-order valence-electron chi connectivity index (χ2n) is 11.4. The predicted octanol–water partition coefficient (Wildman–Crippen LogP) is 0.161. The van der Waals surface area contributed by atoms with E-state index in [-0.39, 0.29) is 36.0 Å². The number of esters is 2. The van der Waals surface area contributed by atoms with Crippen LogP contribution >= 0.6 is 0 Å².